The number of aromatic nitrogens is 2. The van der Waals surface area contributed by atoms with E-state index in [4.69, 9.17) is 16.3 Å². The third kappa shape index (κ3) is 3.17. The summed E-state index contributed by atoms with van der Waals surface area (Å²) >= 11 is 9.07. The van der Waals surface area contributed by atoms with Crippen LogP contribution in [-0.2, 0) is 6.42 Å². The number of hydrogen-bond acceptors (Lipinski definition) is 3. The van der Waals surface area contributed by atoms with E-state index < -0.39 is 0 Å². The number of hydrogen-bond donors (Lipinski definition) is 0. The summed E-state index contributed by atoms with van der Waals surface area (Å²) in [7, 11) is 0. The number of ether oxygens (including phenoxy) is 1. The maximum Gasteiger partial charge on any atom is 0.224 e. The van der Waals surface area contributed by atoms with Crippen molar-refractivity contribution in [2.45, 2.75) is 13.3 Å². The fourth-order valence-electron chi connectivity index (χ4n) is 1.32. The van der Waals surface area contributed by atoms with Crippen molar-refractivity contribution in [2.24, 2.45) is 0 Å². The lowest BCUT2D eigenvalue weighted by molar-refractivity contribution is 0.454. The van der Waals surface area contributed by atoms with E-state index in [1.807, 2.05) is 6.92 Å². The Morgan fingerprint density at radius 2 is 2.11 bits per heavy atom. The zero-order valence-corrected chi connectivity index (χ0v) is 11.8. The van der Waals surface area contributed by atoms with Gasteiger partial charge in [-0.3, -0.25) is 0 Å². The van der Waals surface area contributed by atoms with Crippen LogP contribution in [0.15, 0.2) is 28.7 Å². The number of halogens is 3. The van der Waals surface area contributed by atoms with E-state index in [1.165, 1.54) is 24.3 Å². The van der Waals surface area contributed by atoms with Gasteiger partial charge in [0, 0.05) is 12.5 Å². The van der Waals surface area contributed by atoms with Crippen molar-refractivity contribution in [3.63, 3.8) is 0 Å². The van der Waals surface area contributed by atoms with Gasteiger partial charge in [0.1, 0.15) is 22.5 Å². The molecule has 0 amide bonds. The first-order chi connectivity index (χ1) is 8.58. The molecule has 1 aromatic heterocycles. The van der Waals surface area contributed by atoms with Crippen LogP contribution in [-0.4, -0.2) is 9.97 Å². The summed E-state index contributed by atoms with van der Waals surface area (Å²) in [5.74, 6) is 1.05. The summed E-state index contributed by atoms with van der Waals surface area (Å²) in [6.45, 7) is 1.92. The Morgan fingerprint density at radius 1 is 1.33 bits per heavy atom. The lowest BCUT2D eigenvalue weighted by atomic mass is 10.3. The highest BCUT2D eigenvalue weighted by atomic mass is 79.9. The summed E-state index contributed by atoms with van der Waals surface area (Å²) in [6.07, 6.45) is 0.654. The SMILES string of the molecule is CCc1nc(Cl)cc(Oc2ccc(F)cc2Br)n1. The van der Waals surface area contributed by atoms with Crippen LogP contribution in [0.5, 0.6) is 11.6 Å². The summed E-state index contributed by atoms with van der Waals surface area (Å²) in [4.78, 5) is 8.21. The van der Waals surface area contributed by atoms with E-state index >= 15 is 0 Å². The molecule has 3 nitrogen and oxygen atoms in total. The fraction of sp³-hybridized carbons (Fsp3) is 0.167. The molecule has 2 aromatic rings. The first kappa shape index (κ1) is 13.2. The molecule has 2 rings (SSSR count). The second kappa shape index (κ2) is 5.63. The molecule has 0 unspecified atom stereocenters. The molecule has 1 aromatic carbocycles. The van der Waals surface area contributed by atoms with Gasteiger partial charge in [0.05, 0.1) is 4.47 Å². The van der Waals surface area contributed by atoms with E-state index in [2.05, 4.69) is 25.9 Å². The van der Waals surface area contributed by atoms with E-state index in [0.717, 1.165) is 0 Å². The molecule has 0 bridgehead atoms. The van der Waals surface area contributed by atoms with Gasteiger partial charge in [-0.1, -0.05) is 18.5 Å². The first-order valence-corrected chi connectivity index (χ1v) is 6.42. The molecule has 0 aliphatic heterocycles. The molecule has 0 aliphatic rings. The minimum atomic E-state index is -0.343. The van der Waals surface area contributed by atoms with Gasteiger partial charge in [-0.25, -0.2) is 9.37 Å². The minimum absolute atomic E-state index is 0.315. The van der Waals surface area contributed by atoms with Gasteiger partial charge in [0.2, 0.25) is 5.88 Å². The predicted molar refractivity (Wildman–Crippen MR) is 70.6 cm³/mol. The molecular formula is C12H9BrClFN2O. The average Bonchev–Trinajstić information content (AvgIpc) is 2.32. The molecule has 0 saturated carbocycles. The topological polar surface area (TPSA) is 35.0 Å². The summed E-state index contributed by atoms with van der Waals surface area (Å²) in [5, 5.41) is 0.315. The predicted octanol–water partition coefficient (Wildman–Crippen LogP) is 4.39. The Labute approximate surface area is 117 Å². The maximum absolute atomic E-state index is 12.9. The van der Waals surface area contributed by atoms with Gasteiger partial charge in [0.25, 0.3) is 0 Å². The molecule has 1 heterocycles. The lowest BCUT2D eigenvalue weighted by Crippen LogP contribution is -1.96. The van der Waals surface area contributed by atoms with Gasteiger partial charge in [-0.15, -0.1) is 0 Å². The van der Waals surface area contributed by atoms with Crippen LogP contribution >= 0.6 is 27.5 Å². The van der Waals surface area contributed by atoms with Crippen molar-refractivity contribution in [3.8, 4) is 11.6 Å². The molecule has 0 spiro atoms. The Morgan fingerprint density at radius 3 is 2.78 bits per heavy atom. The standard InChI is InChI=1S/C12H9BrClFN2O/c1-2-11-16-10(14)6-12(17-11)18-9-4-3-7(15)5-8(9)13/h3-6H,2H2,1H3. The number of benzene rings is 1. The molecule has 6 heteroatoms. The van der Waals surface area contributed by atoms with Gasteiger partial charge >= 0.3 is 0 Å². The lowest BCUT2D eigenvalue weighted by Gasteiger charge is -2.08. The zero-order valence-electron chi connectivity index (χ0n) is 9.45. The number of rotatable bonds is 3. The van der Waals surface area contributed by atoms with Crippen LogP contribution in [0.3, 0.4) is 0 Å². The largest absolute Gasteiger partial charge is 0.438 e. The van der Waals surface area contributed by atoms with E-state index in [1.54, 1.807) is 0 Å². The van der Waals surface area contributed by atoms with E-state index in [-0.39, 0.29) is 5.82 Å². The van der Waals surface area contributed by atoms with Crippen LogP contribution in [0.25, 0.3) is 0 Å². The van der Waals surface area contributed by atoms with Crippen molar-refractivity contribution >= 4 is 27.5 Å². The Balaban J connectivity index is 2.30. The molecular weight excluding hydrogens is 322 g/mol. The smallest absolute Gasteiger partial charge is 0.224 e. The Bertz CT molecular complexity index is 580. The molecule has 0 fully saturated rings. The first-order valence-electron chi connectivity index (χ1n) is 5.25. The highest BCUT2D eigenvalue weighted by Gasteiger charge is 2.07. The summed E-state index contributed by atoms with van der Waals surface area (Å²) in [5.41, 5.74) is 0. The second-order valence-electron chi connectivity index (χ2n) is 3.48. The molecule has 0 N–H and O–H groups in total. The van der Waals surface area contributed by atoms with Gasteiger partial charge < -0.3 is 4.74 Å². The minimum Gasteiger partial charge on any atom is -0.438 e. The van der Waals surface area contributed by atoms with Crippen LogP contribution < -0.4 is 4.74 Å². The van der Waals surface area contributed by atoms with Crippen molar-refractivity contribution in [1.29, 1.82) is 0 Å². The maximum atomic E-state index is 12.9. The van der Waals surface area contributed by atoms with Crippen molar-refractivity contribution < 1.29 is 9.13 Å². The molecule has 0 atom stereocenters. The van der Waals surface area contributed by atoms with Crippen molar-refractivity contribution in [2.75, 3.05) is 0 Å². The fourth-order valence-corrected chi connectivity index (χ4v) is 1.95. The third-order valence-electron chi connectivity index (χ3n) is 2.14. The third-order valence-corrected chi connectivity index (χ3v) is 2.96. The highest BCUT2D eigenvalue weighted by Crippen LogP contribution is 2.30. The van der Waals surface area contributed by atoms with E-state index in [9.17, 15) is 4.39 Å². The van der Waals surface area contributed by atoms with Crippen molar-refractivity contribution in [1.82, 2.24) is 9.97 Å². The Hall–Kier alpha value is -1.20. The van der Waals surface area contributed by atoms with Crippen LogP contribution in [0, 0.1) is 5.82 Å². The van der Waals surface area contributed by atoms with E-state index in [0.29, 0.717) is 33.5 Å². The molecule has 94 valence electrons. The molecule has 0 radical (unpaired) electrons. The molecule has 0 saturated heterocycles. The quantitative estimate of drug-likeness (QED) is 0.783. The van der Waals surface area contributed by atoms with Crippen LogP contribution in [0.4, 0.5) is 4.39 Å². The average molecular weight is 332 g/mol. The monoisotopic (exact) mass is 330 g/mol. The number of aryl methyl sites for hydroxylation is 1. The second-order valence-corrected chi connectivity index (χ2v) is 4.72. The normalized spacial score (nSPS) is 10.4. The highest BCUT2D eigenvalue weighted by molar-refractivity contribution is 9.10. The summed E-state index contributed by atoms with van der Waals surface area (Å²) in [6, 6.07) is 5.65. The van der Waals surface area contributed by atoms with Gasteiger partial charge in [0.15, 0.2) is 0 Å². The van der Waals surface area contributed by atoms with Crippen LogP contribution in [0.1, 0.15) is 12.7 Å². The molecule has 0 aliphatic carbocycles. The summed E-state index contributed by atoms with van der Waals surface area (Å²) < 4.78 is 19.0. The number of nitrogens with zero attached hydrogens (tertiary/aromatic N) is 2. The van der Waals surface area contributed by atoms with Gasteiger partial charge in [-0.2, -0.15) is 4.98 Å². The molecule has 18 heavy (non-hydrogen) atoms. The zero-order chi connectivity index (χ0) is 13.1. The van der Waals surface area contributed by atoms with Crippen molar-refractivity contribution in [3.05, 3.63) is 45.5 Å². The van der Waals surface area contributed by atoms with Gasteiger partial charge in [-0.05, 0) is 34.1 Å². The van der Waals surface area contributed by atoms with Crippen LogP contribution in [0.2, 0.25) is 5.15 Å². The Kier molecular flexibility index (Phi) is 4.14.